The molecule has 2 atom stereocenters. The first kappa shape index (κ1) is 17.6. The van der Waals surface area contributed by atoms with Gasteiger partial charge in [0.25, 0.3) is 5.91 Å². The number of alkyl halides is 1. The van der Waals surface area contributed by atoms with Crippen LogP contribution in [-0.2, 0) is 14.6 Å². The number of amidine groups is 1. The summed E-state index contributed by atoms with van der Waals surface area (Å²) in [5.41, 5.74) is 0.789. The first-order chi connectivity index (χ1) is 11.4. The normalized spacial score (nSPS) is 26.6. The van der Waals surface area contributed by atoms with E-state index in [4.69, 9.17) is 16.3 Å². The summed E-state index contributed by atoms with van der Waals surface area (Å²) in [6.07, 6.45) is 0. The summed E-state index contributed by atoms with van der Waals surface area (Å²) in [6.45, 7) is 2.47. The summed E-state index contributed by atoms with van der Waals surface area (Å²) in [5, 5.41) is 0.387. The predicted molar refractivity (Wildman–Crippen MR) is 97.1 cm³/mol. The van der Waals surface area contributed by atoms with Crippen LogP contribution in [-0.4, -0.2) is 54.8 Å². The first-order valence-electron chi connectivity index (χ1n) is 7.50. The van der Waals surface area contributed by atoms with E-state index in [-0.39, 0.29) is 28.7 Å². The molecule has 0 bridgehead atoms. The number of ether oxygens (including phenoxy) is 1. The van der Waals surface area contributed by atoms with Gasteiger partial charge in [0.05, 0.1) is 24.2 Å². The molecule has 2 aliphatic rings. The quantitative estimate of drug-likeness (QED) is 0.733. The molecule has 24 heavy (non-hydrogen) atoms. The maximum absolute atomic E-state index is 12.0. The highest BCUT2D eigenvalue weighted by atomic mass is 35.5. The number of sulfone groups is 1. The lowest BCUT2D eigenvalue weighted by molar-refractivity contribution is -0.115. The van der Waals surface area contributed by atoms with Crippen LogP contribution in [0, 0.1) is 0 Å². The Kier molecular flexibility index (Phi) is 5.08. The lowest BCUT2D eigenvalue weighted by atomic mass is 10.2. The highest BCUT2D eigenvalue weighted by Crippen LogP contribution is 2.41. The molecule has 9 heteroatoms. The maximum Gasteiger partial charge on any atom is 0.262 e. The number of anilines is 1. The zero-order chi connectivity index (χ0) is 17.3. The molecule has 0 aromatic heterocycles. The molecule has 0 aliphatic carbocycles. The van der Waals surface area contributed by atoms with Crippen LogP contribution < -0.4 is 9.64 Å². The lowest BCUT2D eigenvalue weighted by Crippen LogP contribution is -2.37. The summed E-state index contributed by atoms with van der Waals surface area (Å²) in [5.74, 6) is 0.266. The molecule has 2 heterocycles. The van der Waals surface area contributed by atoms with Crippen molar-refractivity contribution in [3.63, 3.8) is 0 Å². The number of thioether (sulfide) groups is 1. The van der Waals surface area contributed by atoms with Crippen molar-refractivity contribution in [2.45, 2.75) is 18.2 Å². The fourth-order valence-electron chi connectivity index (χ4n) is 2.87. The molecule has 0 saturated carbocycles. The molecule has 130 valence electrons. The topological polar surface area (TPSA) is 76.0 Å². The van der Waals surface area contributed by atoms with E-state index >= 15 is 0 Å². The Labute approximate surface area is 150 Å². The third-order valence-electron chi connectivity index (χ3n) is 3.83. The number of halogens is 1. The number of benzene rings is 1. The molecule has 2 aliphatic heterocycles. The third-order valence-corrected chi connectivity index (χ3v) is 7.27. The minimum Gasteiger partial charge on any atom is -0.494 e. The average Bonchev–Trinajstić information content (AvgIpc) is 2.99. The molecule has 0 spiro atoms. The molecule has 6 nitrogen and oxygen atoms in total. The van der Waals surface area contributed by atoms with E-state index in [1.165, 1.54) is 11.8 Å². The van der Waals surface area contributed by atoms with Crippen molar-refractivity contribution in [3.8, 4) is 5.75 Å². The summed E-state index contributed by atoms with van der Waals surface area (Å²) < 4.78 is 29.3. The van der Waals surface area contributed by atoms with Gasteiger partial charge < -0.3 is 9.64 Å². The van der Waals surface area contributed by atoms with Crippen LogP contribution in [0.3, 0.4) is 0 Å². The second-order valence-electron chi connectivity index (χ2n) is 5.52. The van der Waals surface area contributed by atoms with Gasteiger partial charge in [-0.05, 0) is 31.2 Å². The van der Waals surface area contributed by atoms with E-state index in [2.05, 4.69) is 4.99 Å². The molecule has 0 radical (unpaired) electrons. The highest BCUT2D eigenvalue weighted by molar-refractivity contribution is 8.16. The van der Waals surface area contributed by atoms with Crippen molar-refractivity contribution >= 4 is 50.0 Å². The lowest BCUT2D eigenvalue weighted by Gasteiger charge is -2.24. The first-order valence-corrected chi connectivity index (χ1v) is 10.7. The van der Waals surface area contributed by atoms with Crippen molar-refractivity contribution in [1.29, 1.82) is 0 Å². The molecular formula is C15H17ClN2O4S2. The van der Waals surface area contributed by atoms with Crippen LogP contribution in [0.2, 0.25) is 0 Å². The number of aliphatic imine (C=N–C) groups is 1. The minimum atomic E-state index is -3.07. The van der Waals surface area contributed by atoms with E-state index in [9.17, 15) is 13.2 Å². The van der Waals surface area contributed by atoms with Crippen molar-refractivity contribution in [2.24, 2.45) is 4.99 Å². The van der Waals surface area contributed by atoms with Crippen LogP contribution in [0.1, 0.15) is 6.92 Å². The largest absolute Gasteiger partial charge is 0.494 e. The summed E-state index contributed by atoms with van der Waals surface area (Å²) >= 11 is 6.88. The summed E-state index contributed by atoms with van der Waals surface area (Å²) in [6, 6.07) is 7.11. The van der Waals surface area contributed by atoms with Gasteiger partial charge in [0.1, 0.15) is 11.6 Å². The molecule has 0 N–H and O–H groups in total. The predicted octanol–water partition coefficient (Wildman–Crippen LogP) is 1.93. The van der Waals surface area contributed by atoms with Gasteiger partial charge in [-0.25, -0.2) is 8.42 Å². The molecule has 2 fully saturated rings. The second-order valence-corrected chi connectivity index (χ2v) is 9.15. The van der Waals surface area contributed by atoms with Gasteiger partial charge in [0.15, 0.2) is 15.0 Å². The maximum atomic E-state index is 12.0. The SMILES string of the molecule is CCOc1ccc(N2C(=NC(=O)CCl)S[C@@H]3CS(=O)(=O)C[C@@H]32)cc1. The zero-order valence-electron chi connectivity index (χ0n) is 13.0. The van der Waals surface area contributed by atoms with Gasteiger partial charge in [-0.15, -0.1) is 11.6 Å². The van der Waals surface area contributed by atoms with Gasteiger partial charge in [-0.3, -0.25) is 4.79 Å². The Bertz CT molecular complexity index is 764. The van der Waals surface area contributed by atoms with Crippen LogP contribution in [0.4, 0.5) is 5.69 Å². The fourth-order valence-corrected chi connectivity index (χ4v) is 6.86. The van der Waals surface area contributed by atoms with Crippen LogP contribution in [0.25, 0.3) is 0 Å². The molecule has 1 amide bonds. The van der Waals surface area contributed by atoms with Crippen LogP contribution >= 0.6 is 23.4 Å². The van der Waals surface area contributed by atoms with E-state index in [1.807, 2.05) is 36.1 Å². The summed E-state index contributed by atoms with van der Waals surface area (Å²) in [4.78, 5) is 17.5. The number of nitrogens with zero attached hydrogens (tertiary/aromatic N) is 2. The number of carbonyl (C=O) groups is 1. The molecule has 0 unspecified atom stereocenters. The summed E-state index contributed by atoms with van der Waals surface area (Å²) in [7, 11) is -3.07. The fraction of sp³-hybridized carbons (Fsp3) is 0.467. The number of amides is 1. The third kappa shape index (κ3) is 3.55. The second kappa shape index (κ2) is 6.93. The highest BCUT2D eigenvalue weighted by Gasteiger charge is 2.49. The number of carbonyl (C=O) groups excluding carboxylic acids is 1. The average molecular weight is 389 g/mol. The van der Waals surface area contributed by atoms with Crippen molar-refractivity contribution in [3.05, 3.63) is 24.3 Å². The number of rotatable bonds is 4. The van der Waals surface area contributed by atoms with Gasteiger partial charge in [-0.2, -0.15) is 4.99 Å². The van der Waals surface area contributed by atoms with Gasteiger partial charge in [0, 0.05) is 10.9 Å². The smallest absolute Gasteiger partial charge is 0.262 e. The Morgan fingerprint density at radius 3 is 2.71 bits per heavy atom. The Morgan fingerprint density at radius 2 is 2.08 bits per heavy atom. The van der Waals surface area contributed by atoms with Gasteiger partial charge in [-0.1, -0.05) is 11.8 Å². The monoisotopic (exact) mass is 388 g/mol. The standard InChI is InChI=1S/C15H17ClN2O4S2/c1-2-22-11-5-3-10(4-6-11)18-12-8-24(20,21)9-13(12)23-15(18)17-14(19)7-16/h3-6,12-13H,2,7-9H2,1H3/t12-,13+/m0/s1. The van der Waals surface area contributed by atoms with E-state index in [0.717, 1.165) is 11.4 Å². The van der Waals surface area contributed by atoms with Gasteiger partial charge >= 0.3 is 0 Å². The van der Waals surface area contributed by atoms with E-state index in [0.29, 0.717) is 11.8 Å². The molecular weight excluding hydrogens is 372 g/mol. The molecule has 1 aromatic carbocycles. The van der Waals surface area contributed by atoms with Crippen molar-refractivity contribution < 1.29 is 17.9 Å². The number of fused-ring (bicyclic) bond motifs is 1. The molecule has 1 aromatic rings. The van der Waals surface area contributed by atoms with Crippen LogP contribution in [0.15, 0.2) is 29.3 Å². The Balaban J connectivity index is 1.95. The van der Waals surface area contributed by atoms with E-state index in [1.54, 1.807) is 0 Å². The molecule has 2 saturated heterocycles. The number of hydrogen-bond donors (Lipinski definition) is 0. The zero-order valence-corrected chi connectivity index (χ0v) is 15.4. The van der Waals surface area contributed by atoms with Crippen molar-refractivity contribution in [2.75, 3.05) is 28.9 Å². The molecule has 3 rings (SSSR count). The van der Waals surface area contributed by atoms with Gasteiger partial charge in [0.2, 0.25) is 0 Å². The minimum absolute atomic E-state index is 0.0615. The van der Waals surface area contributed by atoms with Crippen molar-refractivity contribution in [1.82, 2.24) is 0 Å². The van der Waals surface area contributed by atoms with Crippen LogP contribution in [0.5, 0.6) is 5.75 Å². The van der Waals surface area contributed by atoms with E-state index < -0.39 is 15.7 Å². The number of hydrogen-bond acceptors (Lipinski definition) is 5. The Hall–Kier alpha value is -1.25. The Morgan fingerprint density at radius 1 is 1.38 bits per heavy atom.